The fourth-order valence-corrected chi connectivity index (χ4v) is 3.83. The van der Waals surface area contributed by atoms with E-state index in [0.717, 1.165) is 35.7 Å². The van der Waals surface area contributed by atoms with Crippen molar-refractivity contribution in [3.05, 3.63) is 33.4 Å². The van der Waals surface area contributed by atoms with Gasteiger partial charge in [-0.3, -0.25) is 9.59 Å². The topological polar surface area (TPSA) is 81.2 Å². The van der Waals surface area contributed by atoms with E-state index in [2.05, 4.69) is 12.0 Å². The Morgan fingerprint density at radius 2 is 2.25 bits per heavy atom. The summed E-state index contributed by atoms with van der Waals surface area (Å²) in [5, 5.41) is 4.36. The Morgan fingerprint density at radius 3 is 2.92 bits per heavy atom. The number of nitrogens with two attached hydrogens (primary N) is 1. The second-order valence-corrected chi connectivity index (χ2v) is 7.73. The Morgan fingerprint density at radius 1 is 1.46 bits per heavy atom. The molecule has 1 aliphatic heterocycles. The van der Waals surface area contributed by atoms with Crippen LogP contribution in [0.1, 0.15) is 24.6 Å². The first-order chi connectivity index (χ1) is 11.4. The van der Waals surface area contributed by atoms with Gasteiger partial charge in [0.25, 0.3) is 5.56 Å². The van der Waals surface area contributed by atoms with Crippen LogP contribution in [0.5, 0.6) is 0 Å². The van der Waals surface area contributed by atoms with Crippen LogP contribution in [0, 0.1) is 12.8 Å². The molecule has 7 heteroatoms. The summed E-state index contributed by atoms with van der Waals surface area (Å²) in [6, 6.07) is 5.52. The molecule has 3 heterocycles. The van der Waals surface area contributed by atoms with Gasteiger partial charge in [-0.15, -0.1) is 11.3 Å². The lowest BCUT2D eigenvalue weighted by Gasteiger charge is -2.31. The lowest BCUT2D eigenvalue weighted by atomic mass is 10.0. The highest BCUT2D eigenvalue weighted by molar-refractivity contribution is 7.15. The summed E-state index contributed by atoms with van der Waals surface area (Å²) in [6.07, 6.45) is 2.15. The van der Waals surface area contributed by atoms with Crippen molar-refractivity contribution in [2.24, 2.45) is 5.92 Å². The molecule has 0 bridgehead atoms. The van der Waals surface area contributed by atoms with Crippen molar-refractivity contribution in [1.29, 1.82) is 0 Å². The van der Waals surface area contributed by atoms with Crippen molar-refractivity contribution in [2.75, 3.05) is 18.8 Å². The molecule has 1 saturated heterocycles. The molecule has 0 unspecified atom stereocenters. The number of carbonyl (C=O) groups excluding carboxylic acids is 1. The number of likely N-dealkylation sites (tertiary alicyclic amines) is 1. The highest BCUT2D eigenvalue weighted by Crippen LogP contribution is 2.26. The molecule has 2 aromatic rings. The smallest absolute Gasteiger partial charge is 0.290 e. The summed E-state index contributed by atoms with van der Waals surface area (Å²) >= 11 is 1.58. The number of hydrogen-bond donors (Lipinski definition) is 1. The fraction of sp³-hybridized carbons (Fsp3) is 0.471. The molecule has 24 heavy (non-hydrogen) atoms. The number of carbonyl (C=O) groups is 1. The Bertz CT molecular complexity index is 811. The van der Waals surface area contributed by atoms with Crippen LogP contribution in [0.15, 0.2) is 23.0 Å². The number of anilines is 1. The fourth-order valence-electron chi connectivity index (χ4n) is 3.01. The molecule has 1 aliphatic rings. The summed E-state index contributed by atoms with van der Waals surface area (Å²) in [5.41, 5.74) is 6.18. The molecule has 128 valence electrons. The lowest BCUT2D eigenvalue weighted by Crippen LogP contribution is -2.42. The maximum absolute atomic E-state index is 12.5. The SMILES string of the molecule is Cc1ccc(-c2cc(N)c(=O)n(CC(=O)N3CCC[C@H](C)C3)n2)s1. The average Bonchev–Trinajstić information content (AvgIpc) is 2.98. The lowest BCUT2D eigenvalue weighted by molar-refractivity contribution is -0.133. The predicted molar refractivity (Wildman–Crippen MR) is 95.9 cm³/mol. The van der Waals surface area contributed by atoms with Gasteiger partial charge in [-0.25, -0.2) is 4.68 Å². The van der Waals surface area contributed by atoms with E-state index in [1.165, 1.54) is 4.68 Å². The molecular weight excluding hydrogens is 324 g/mol. The molecule has 2 N–H and O–H groups in total. The van der Waals surface area contributed by atoms with Gasteiger partial charge in [0.15, 0.2) is 0 Å². The molecule has 0 spiro atoms. The Kier molecular flexibility index (Phi) is 4.71. The molecule has 1 fully saturated rings. The molecule has 1 amide bonds. The van der Waals surface area contributed by atoms with E-state index in [9.17, 15) is 9.59 Å². The monoisotopic (exact) mass is 346 g/mol. The third-order valence-electron chi connectivity index (χ3n) is 4.29. The Hall–Kier alpha value is -2.15. The standard InChI is InChI=1S/C17H22N4O2S/c1-11-4-3-7-20(9-11)16(22)10-21-17(23)13(18)8-14(19-21)15-6-5-12(2)24-15/h5-6,8,11H,3-4,7,9-10,18H2,1-2H3/t11-/m0/s1. The summed E-state index contributed by atoms with van der Waals surface area (Å²) in [5.74, 6) is 0.424. The van der Waals surface area contributed by atoms with E-state index >= 15 is 0 Å². The number of thiophene rings is 1. The summed E-state index contributed by atoms with van der Waals surface area (Å²) < 4.78 is 1.20. The van der Waals surface area contributed by atoms with Crippen LogP contribution in [0.2, 0.25) is 0 Å². The quantitative estimate of drug-likeness (QED) is 0.923. The van der Waals surface area contributed by atoms with Crippen molar-refractivity contribution in [3.63, 3.8) is 0 Å². The van der Waals surface area contributed by atoms with Gasteiger partial charge < -0.3 is 10.6 Å². The minimum atomic E-state index is -0.412. The van der Waals surface area contributed by atoms with E-state index in [1.807, 2.05) is 24.0 Å². The first-order valence-electron chi connectivity index (χ1n) is 8.16. The zero-order chi connectivity index (χ0) is 17.3. The molecule has 0 saturated carbocycles. The number of hydrogen-bond acceptors (Lipinski definition) is 5. The Labute approximate surface area is 144 Å². The van der Waals surface area contributed by atoms with Gasteiger partial charge in [-0.05, 0) is 43.9 Å². The van der Waals surface area contributed by atoms with Crippen LogP contribution in [-0.2, 0) is 11.3 Å². The van der Waals surface area contributed by atoms with Crippen LogP contribution in [0.4, 0.5) is 5.69 Å². The highest BCUT2D eigenvalue weighted by Gasteiger charge is 2.22. The van der Waals surface area contributed by atoms with Crippen molar-refractivity contribution >= 4 is 22.9 Å². The van der Waals surface area contributed by atoms with Crippen LogP contribution < -0.4 is 11.3 Å². The number of nitrogen functional groups attached to an aromatic ring is 1. The predicted octanol–water partition coefficient (Wildman–Crippen LogP) is 2.12. The molecule has 2 aromatic heterocycles. The van der Waals surface area contributed by atoms with Crippen LogP contribution >= 0.6 is 11.3 Å². The van der Waals surface area contributed by atoms with Crippen molar-refractivity contribution in [3.8, 4) is 10.6 Å². The third-order valence-corrected chi connectivity index (χ3v) is 5.31. The molecule has 3 rings (SSSR count). The van der Waals surface area contributed by atoms with Crippen molar-refractivity contribution in [2.45, 2.75) is 33.2 Å². The number of amides is 1. The number of piperidine rings is 1. The minimum absolute atomic E-state index is 0.0616. The van der Waals surface area contributed by atoms with Gasteiger partial charge in [-0.2, -0.15) is 5.10 Å². The number of nitrogens with zero attached hydrogens (tertiary/aromatic N) is 3. The third kappa shape index (κ3) is 3.51. The number of rotatable bonds is 3. The zero-order valence-corrected chi connectivity index (χ0v) is 14.8. The van der Waals surface area contributed by atoms with Gasteiger partial charge in [0.1, 0.15) is 17.9 Å². The summed E-state index contributed by atoms with van der Waals surface area (Å²) in [6.45, 7) is 5.58. The summed E-state index contributed by atoms with van der Waals surface area (Å²) in [4.78, 5) is 28.7. The number of aryl methyl sites for hydroxylation is 1. The van der Waals surface area contributed by atoms with Crippen LogP contribution in [0.3, 0.4) is 0 Å². The van der Waals surface area contributed by atoms with Crippen LogP contribution in [0.25, 0.3) is 10.6 Å². The maximum Gasteiger partial charge on any atom is 0.290 e. The first kappa shape index (κ1) is 16.7. The molecule has 0 aliphatic carbocycles. The largest absolute Gasteiger partial charge is 0.394 e. The van der Waals surface area contributed by atoms with E-state index in [4.69, 9.17) is 5.73 Å². The van der Waals surface area contributed by atoms with Crippen LogP contribution in [-0.4, -0.2) is 33.7 Å². The van der Waals surface area contributed by atoms with Gasteiger partial charge in [0.2, 0.25) is 5.91 Å². The average molecular weight is 346 g/mol. The van der Waals surface area contributed by atoms with E-state index in [0.29, 0.717) is 11.6 Å². The first-order valence-corrected chi connectivity index (χ1v) is 8.98. The second-order valence-electron chi connectivity index (χ2n) is 6.45. The van der Waals surface area contributed by atoms with E-state index in [-0.39, 0.29) is 18.1 Å². The molecule has 1 atom stereocenters. The van der Waals surface area contributed by atoms with Gasteiger partial charge in [-0.1, -0.05) is 6.92 Å². The van der Waals surface area contributed by atoms with Gasteiger partial charge in [0, 0.05) is 18.0 Å². The second kappa shape index (κ2) is 6.76. The van der Waals surface area contributed by atoms with Gasteiger partial charge >= 0.3 is 0 Å². The zero-order valence-electron chi connectivity index (χ0n) is 14.0. The minimum Gasteiger partial charge on any atom is -0.394 e. The van der Waals surface area contributed by atoms with Crippen molar-refractivity contribution < 1.29 is 4.79 Å². The molecular formula is C17H22N4O2S. The van der Waals surface area contributed by atoms with E-state index < -0.39 is 5.56 Å². The summed E-state index contributed by atoms with van der Waals surface area (Å²) in [7, 11) is 0. The Balaban J connectivity index is 1.86. The van der Waals surface area contributed by atoms with E-state index in [1.54, 1.807) is 17.4 Å². The molecule has 0 aromatic carbocycles. The molecule has 0 radical (unpaired) electrons. The van der Waals surface area contributed by atoms with Crippen molar-refractivity contribution in [1.82, 2.24) is 14.7 Å². The molecule has 6 nitrogen and oxygen atoms in total. The highest BCUT2D eigenvalue weighted by atomic mass is 32.1. The number of aromatic nitrogens is 2. The maximum atomic E-state index is 12.5. The van der Waals surface area contributed by atoms with Gasteiger partial charge in [0.05, 0.1) is 4.88 Å². The normalized spacial score (nSPS) is 17.9.